The minimum Gasteiger partial charge on any atom is -0.466 e. The average Bonchev–Trinajstić information content (AvgIpc) is 2.99. The number of nitrogens with zero attached hydrogens (tertiary/aromatic N) is 3. The van der Waals surface area contributed by atoms with Gasteiger partial charge >= 0.3 is 0 Å². The summed E-state index contributed by atoms with van der Waals surface area (Å²) in [6.07, 6.45) is 0. The van der Waals surface area contributed by atoms with E-state index in [-0.39, 0.29) is 33.6 Å². The SMILES string of the molecule is Clc1ccccc1-c1nnc(COc2nc(Cl)c(Cl)cc2Cl)o1. The molecule has 0 amide bonds. The first-order valence-corrected chi connectivity index (χ1v) is 7.77. The van der Waals surface area contributed by atoms with Crippen LogP contribution in [0.4, 0.5) is 0 Å². The summed E-state index contributed by atoms with van der Waals surface area (Å²) >= 11 is 23.7. The number of rotatable bonds is 4. The molecule has 0 bridgehead atoms. The van der Waals surface area contributed by atoms with Gasteiger partial charge in [-0.15, -0.1) is 10.2 Å². The molecule has 3 rings (SSSR count). The Hall–Kier alpha value is -1.53. The maximum absolute atomic E-state index is 6.08. The van der Waals surface area contributed by atoms with Crippen molar-refractivity contribution in [3.63, 3.8) is 0 Å². The predicted octanol–water partition coefficient (Wildman–Crippen LogP) is 5.32. The minimum atomic E-state index is -0.0257. The molecule has 0 saturated carbocycles. The van der Waals surface area contributed by atoms with Gasteiger partial charge in [-0.25, -0.2) is 0 Å². The van der Waals surface area contributed by atoms with E-state index in [1.807, 2.05) is 12.1 Å². The lowest BCUT2D eigenvalue weighted by atomic mass is 10.2. The van der Waals surface area contributed by atoms with Gasteiger partial charge in [0.2, 0.25) is 11.8 Å². The van der Waals surface area contributed by atoms with Crippen molar-refractivity contribution >= 4 is 46.4 Å². The third-order valence-electron chi connectivity index (χ3n) is 2.76. The fourth-order valence-electron chi connectivity index (χ4n) is 1.72. The second kappa shape index (κ2) is 6.93. The van der Waals surface area contributed by atoms with E-state index in [9.17, 15) is 0 Å². The predicted molar refractivity (Wildman–Crippen MR) is 88.3 cm³/mol. The zero-order chi connectivity index (χ0) is 16.4. The van der Waals surface area contributed by atoms with Gasteiger partial charge in [0.05, 0.1) is 15.6 Å². The Bertz CT molecular complexity index is 854. The van der Waals surface area contributed by atoms with Crippen LogP contribution in [-0.2, 0) is 6.61 Å². The first kappa shape index (κ1) is 16.3. The number of aromatic nitrogens is 3. The number of benzene rings is 1. The van der Waals surface area contributed by atoms with E-state index in [2.05, 4.69) is 15.2 Å². The molecular formula is C14H7Cl4N3O2. The van der Waals surface area contributed by atoms with Crippen molar-refractivity contribution in [2.75, 3.05) is 0 Å². The molecule has 0 N–H and O–H groups in total. The van der Waals surface area contributed by atoms with Crippen LogP contribution in [0, 0.1) is 0 Å². The third-order valence-corrected chi connectivity index (χ3v) is 4.03. The molecule has 2 heterocycles. The molecule has 0 spiro atoms. The largest absolute Gasteiger partial charge is 0.466 e. The molecule has 0 fully saturated rings. The van der Waals surface area contributed by atoms with Crippen molar-refractivity contribution in [2.45, 2.75) is 6.61 Å². The van der Waals surface area contributed by atoms with E-state index >= 15 is 0 Å². The van der Waals surface area contributed by atoms with Gasteiger partial charge in [-0.2, -0.15) is 4.98 Å². The Balaban J connectivity index is 1.76. The molecule has 23 heavy (non-hydrogen) atoms. The molecule has 0 radical (unpaired) electrons. The smallest absolute Gasteiger partial charge is 0.254 e. The standard InChI is InChI=1S/C14H7Cl4N3O2/c15-8-4-2-1-3-7(8)13-21-20-11(23-13)6-22-14-10(17)5-9(16)12(18)19-14/h1-5H,6H2. The Labute approximate surface area is 151 Å². The number of halogens is 4. The van der Waals surface area contributed by atoms with Crippen LogP contribution in [0.5, 0.6) is 5.88 Å². The molecule has 0 aliphatic carbocycles. The number of pyridine rings is 1. The molecule has 0 saturated heterocycles. The van der Waals surface area contributed by atoms with Gasteiger partial charge in [0.1, 0.15) is 5.02 Å². The maximum atomic E-state index is 6.08. The monoisotopic (exact) mass is 389 g/mol. The molecule has 0 atom stereocenters. The molecule has 118 valence electrons. The summed E-state index contributed by atoms with van der Waals surface area (Å²) in [4.78, 5) is 3.93. The summed E-state index contributed by atoms with van der Waals surface area (Å²) in [5.74, 6) is 0.657. The molecule has 9 heteroatoms. The van der Waals surface area contributed by atoms with Crippen LogP contribution >= 0.6 is 46.4 Å². The molecule has 2 aromatic heterocycles. The van der Waals surface area contributed by atoms with E-state index in [0.717, 1.165) is 0 Å². The number of hydrogen-bond acceptors (Lipinski definition) is 5. The Morgan fingerprint density at radius 2 is 1.74 bits per heavy atom. The second-order valence-electron chi connectivity index (χ2n) is 4.32. The fraction of sp³-hybridized carbons (Fsp3) is 0.0714. The quantitative estimate of drug-likeness (QED) is 0.563. The van der Waals surface area contributed by atoms with Gasteiger partial charge in [0, 0.05) is 0 Å². The van der Waals surface area contributed by atoms with Crippen molar-refractivity contribution in [1.29, 1.82) is 0 Å². The lowest BCUT2D eigenvalue weighted by molar-refractivity contribution is 0.255. The average molecular weight is 391 g/mol. The highest BCUT2D eigenvalue weighted by Gasteiger charge is 2.14. The van der Waals surface area contributed by atoms with Gasteiger partial charge in [-0.1, -0.05) is 58.5 Å². The van der Waals surface area contributed by atoms with E-state index in [0.29, 0.717) is 16.5 Å². The van der Waals surface area contributed by atoms with Gasteiger partial charge in [-0.3, -0.25) is 0 Å². The van der Waals surface area contributed by atoms with Gasteiger partial charge in [0.15, 0.2) is 11.8 Å². The second-order valence-corrected chi connectivity index (χ2v) is 5.90. The molecule has 1 aromatic carbocycles. The maximum Gasteiger partial charge on any atom is 0.254 e. The summed E-state index contributed by atoms with van der Waals surface area (Å²) in [6.45, 7) is -0.0257. The highest BCUT2D eigenvalue weighted by molar-refractivity contribution is 6.42. The van der Waals surface area contributed by atoms with E-state index < -0.39 is 0 Å². The van der Waals surface area contributed by atoms with E-state index in [1.165, 1.54) is 6.07 Å². The third kappa shape index (κ3) is 3.70. The van der Waals surface area contributed by atoms with E-state index in [1.54, 1.807) is 12.1 Å². The minimum absolute atomic E-state index is 0.0257. The van der Waals surface area contributed by atoms with Crippen LogP contribution in [0.25, 0.3) is 11.5 Å². The lowest BCUT2D eigenvalue weighted by Gasteiger charge is -2.05. The topological polar surface area (TPSA) is 61.0 Å². The summed E-state index contributed by atoms with van der Waals surface area (Å²) in [6, 6.07) is 8.58. The number of ether oxygens (including phenoxy) is 1. The zero-order valence-electron chi connectivity index (χ0n) is 11.3. The first-order valence-electron chi connectivity index (χ1n) is 6.26. The summed E-state index contributed by atoms with van der Waals surface area (Å²) in [7, 11) is 0. The Kier molecular flexibility index (Phi) is 4.92. The van der Waals surface area contributed by atoms with Crippen LogP contribution < -0.4 is 4.74 Å². The van der Waals surface area contributed by atoms with Crippen molar-refractivity contribution < 1.29 is 9.15 Å². The van der Waals surface area contributed by atoms with Crippen LogP contribution in [0.15, 0.2) is 34.7 Å². The van der Waals surface area contributed by atoms with Crippen LogP contribution in [-0.4, -0.2) is 15.2 Å². The Morgan fingerprint density at radius 1 is 0.957 bits per heavy atom. The highest BCUT2D eigenvalue weighted by atomic mass is 35.5. The zero-order valence-corrected chi connectivity index (χ0v) is 14.3. The van der Waals surface area contributed by atoms with Gasteiger partial charge in [0.25, 0.3) is 5.89 Å². The molecule has 0 aliphatic rings. The Morgan fingerprint density at radius 3 is 2.52 bits per heavy atom. The van der Waals surface area contributed by atoms with Crippen molar-refractivity contribution in [1.82, 2.24) is 15.2 Å². The molecule has 5 nitrogen and oxygen atoms in total. The molecule has 0 unspecified atom stereocenters. The van der Waals surface area contributed by atoms with Gasteiger partial charge < -0.3 is 9.15 Å². The summed E-state index contributed by atoms with van der Waals surface area (Å²) in [5, 5.41) is 8.89. The van der Waals surface area contributed by atoms with Crippen LogP contribution in [0.2, 0.25) is 20.2 Å². The lowest BCUT2D eigenvalue weighted by Crippen LogP contribution is -1.98. The van der Waals surface area contributed by atoms with Crippen LogP contribution in [0.1, 0.15) is 5.89 Å². The number of hydrogen-bond donors (Lipinski definition) is 0. The molecule has 0 aliphatic heterocycles. The van der Waals surface area contributed by atoms with E-state index in [4.69, 9.17) is 55.6 Å². The summed E-state index contributed by atoms with van der Waals surface area (Å²) in [5.41, 5.74) is 0.638. The van der Waals surface area contributed by atoms with Crippen LogP contribution in [0.3, 0.4) is 0 Å². The summed E-state index contributed by atoms with van der Waals surface area (Å²) < 4.78 is 10.9. The van der Waals surface area contributed by atoms with Gasteiger partial charge in [-0.05, 0) is 18.2 Å². The fourth-order valence-corrected chi connectivity index (χ4v) is 2.48. The van der Waals surface area contributed by atoms with Crippen molar-refractivity contribution in [3.8, 4) is 17.3 Å². The normalized spacial score (nSPS) is 10.8. The van der Waals surface area contributed by atoms with Crippen molar-refractivity contribution in [2.24, 2.45) is 0 Å². The highest BCUT2D eigenvalue weighted by Crippen LogP contribution is 2.31. The van der Waals surface area contributed by atoms with Crippen molar-refractivity contribution in [3.05, 3.63) is 56.4 Å². The first-order chi connectivity index (χ1) is 11.0. The molecular weight excluding hydrogens is 384 g/mol. The molecule has 3 aromatic rings.